The van der Waals surface area contributed by atoms with Crippen LogP contribution >= 0.6 is 27.7 Å². The molecule has 0 unspecified atom stereocenters. The maximum Gasteiger partial charge on any atom is 0.264 e. The topological polar surface area (TPSA) is 50.7 Å². The number of carbonyl (C=O) groups is 1. The largest absolute Gasteiger partial charge is 0.489 e. The molecule has 1 aliphatic heterocycles. The minimum Gasteiger partial charge on any atom is -0.489 e. The molecule has 30 heavy (non-hydrogen) atoms. The smallest absolute Gasteiger partial charge is 0.264 e. The van der Waals surface area contributed by atoms with Crippen molar-refractivity contribution in [3.8, 4) is 5.75 Å². The minimum atomic E-state index is -0.148. The highest BCUT2D eigenvalue weighted by Crippen LogP contribution is 2.31. The first-order chi connectivity index (χ1) is 14.6. The van der Waals surface area contributed by atoms with E-state index in [9.17, 15) is 4.79 Å². The Balaban J connectivity index is 1.41. The lowest BCUT2D eigenvalue weighted by Crippen LogP contribution is -2.19. The molecule has 3 aromatic rings. The number of para-hydroxylation sites is 1. The first kappa shape index (κ1) is 20.4. The summed E-state index contributed by atoms with van der Waals surface area (Å²) in [7, 11) is 0. The molecule has 4 nitrogen and oxygen atoms in total. The summed E-state index contributed by atoms with van der Waals surface area (Å²) in [6.45, 7) is 2.59. The van der Waals surface area contributed by atoms with Gasteiger partial charge in [0.05, 0.1) is 10.6 Å². The van der Waals surface area contributed by atoms with Gasteiger partial charge < -0.3 is 10.1 Å². The van der Waals surface area contributed by atoms with E-state index >= 15 is 0 Å². The fourth-order valence-corrected chi connectivity index (χ4v) is 4.00. The number of hydrogen-bond donors (Lipinski definition) is 1. The number of carbonyl (C=O) groups excluding carboxylic acids is 1. The number of rotatable bonds is 5. The van der Waals surface area contributed by atoms with E-state index in [4.69, 9.17) is 4.74 Å². The average Bonchev–Trinajstić information content (AvgIpc) is 3.09. The lowest BCUT2D eigenvalue weighted by Gasteiger charge is -2.07. The first-order valence-corrected chi connectivity index (χ1v) is 11.0. The molecule has 1 amide bonds. The third-order valence-corrected chi connectivity index (χ3v) is 6.01. The maximum atomic E-state index is 12.3. The van der Waals surface area contributed by atoms with Crippen LogP contribution in [0.3, 0.4) is 0 Å². The van der Waals surface area contributed by atoms with Gasteiger partial charge in [0, 0.05) is 4.47 Å². The predicted molar refractivity (Wildman–Crippen MR) is 127 cm³/mol. The zero-order chi connectivity index (χ0) is 20.9. The Morgan fingerprint density at radius 3 is 2.50 bits per heavy atom. The summed E-state index contributed by atoms with van der Waals surface area (Å²) in [6.07, 6.45) is 1.85. The van der Waals surface area contributed by atoms with Crippen molar-refractivity contribution in [1.82, 2.24) is 5.32 Å². The molecule has 0 aliphatic carbocycles. The van der Waals surface area contributed by atoms with Gasteiger partial charge in [-0.1, -0.05) is 54.1 Å². The van der Waals surface area contributed by atoms with Crippen molar-refractivity contribution in [2.75, 3.05) is 0 Å². The van der Waals surface area contributed by atoms with Gasteiger partial charge in [-0.2, -0.15) is 0 Å². The summed E-state index contributed by atoms with van der Waals surface area (Å²) < 4.78 is 6.72. The Kier molecular flexibility index (Phi) is 6.35. The molecule has 1 heterocycles. The van der Waals surface area contributed by atoms with E-state index in [1.54, 1.807) is 0 Å². The van der Waals surface area contributed by atoms with Crippen LogP contribution in [0.2, 0.25) is 0 Å². The normalized spacial score (nSPS) is 16.1. The van der Waals surface area contributed by atoms with E-state index in [-0.39, 0.29) is 5.91 Å². The van der Waals surface area contributed by atoms with Crippen LogP contribution in [0.5, 0.6) is 5.75 Å². The molecule has 0 aromatic heterocycles. The molecule has 1 N–H and O–H groups in total. The van der Waals surface area contributed by atoms with Crippen molar-refractivity contribution < 1.29 is 9.53 Å². The van der Waals surface area contributed by atoms with Gasteiger partial charge in [-0.25, -0.2) is 4.99 Å². The number of nitrogens with one attached hydrogen (secondary N) is 1. The zero-order valence-corrected chi connectivity index (χ0v) is 18.7. The molecular weight excluding hydrogens is 460 g/mol. The monoisotopic (exact) mass is 478 g/mol. The number of amidine groups is 1. The summed E-state index contributed by atoms with van der Waals surface area (Å²) in [5, 5.41) is 3.38. The minimum absolute atomic E-state index is 0.148. The van der Waals surface area contributed by atoms with E-state index in [1.165, 1.54) is 17.3 Å². The van der Waals surface area contributed by atoms with Crippen LogP contribution in [-0.2, 0) is 11.4 Å². The summed E-state index contributed by atoms with van der Waals surface area (Å²) >= 11 is 4.80. The Morgan fingerprint density at radius 1 is 1.03 bits per heavy atom. The molecule has 1 saturated heterocycles. The van der Waals surface area contributed by atoms with E-state index < -0.39 is 0 Å². The molecular formula is C24H19BrN2O2S. The molecule has 3 aromatic carbocycles. The number of aliphatic imine (C=N–C) groups is 1. The summed E-state index contributed by atoms with van der Waals surface area (Å²) in [5.74, 6) is 0.642. The van der Waals surface area contributed by atoms with Crippen molar-refractivity contribution in [2.45, 2.75) is 13.5 Å². The second-order valence-electron chi connectivity index (χ2n) is 6.78. The average molecular weight is 479 g/mol. The van der Waals surface area contributed by atoms with Crippen LogP contribution in [0.15, 0.2) is 87.2 Å². The van der Waals surface area contributed by atoms with Gasteiger partial charge in [-0.15, -0.1) is 0 Å². The Hall–Kier alpha value is -2.83. The quantitative estimate of drug-likeness (QED) is 0.442. The Bertz CT molecular complexity index is 1120. The van der Waals surface area contributed by atoms with Gasteiger partial charge in [0.2, 0.25) is 0 Å². The number of amides is 1. The number of halogens is 1. The van der Waals surface area contributed by atoms with Crippen LogP contribution in [0.4, 0.5) is 5.69 Å². The van der Waals surface area contributed by atoms with Gasteiger partial charge in [0.15, 0.2) is 5.17 Å². The lowest BCUT2D eigenvalue weighted by molar-refractivity contribution is -0.115. The van der Waals surface area contributed by atoms with Crippen LogP contribution in [0.25, 0.3) is 6.08 Å². The van der Waals surface area contributed by atoms with Crippen LogP contribution in [0.1, 0.15) is 16.7 Å². The van der Waals surface area contributed by atoms with Crippen molar-refractivity contribution in [3.63, 3.8) is 0 Å². The van der Waals surface area contributed by atoms with Gasteiger partial charge in [0.25, 0.3) is 5.91 Å². The molecule has 0 bridgehead atoms. The van der Waals surface area contributed by atoms with Crippen molar-refractivity contribution in [1.29, 1.82) is 0 Å². The summed E-state index contributed by atoms with van der Waals surface area (Å²) in [5.41, 5.74) is 4.06. The number of hydrogen-bond acceptors (Lipinski definition) is 4. The Morgan fingerprint density at radius 2 is 1.77 bits per heavy atom. The fourth-order valence-electron chi connectivity index (χ4n) is 2.79. The molecule has 0 atom stereocenters. The SMILES string of the molecule is Cc1ccc(COc2ccc(C=C3SC(=Nc4ccccc4Br)NC3=O)cc2)cc1. The van der Waals surface area contributed by atoms with Gasteiger partial charge in [0.1, 0.15) is 12.4 Å². The maximum absolute atomic E-state index is 12.3. The summed E-state index contributed by atoms with van der Waals surface area (Å²) in [4.78, 5) is 17.4. The molecule has 0 spiro atoms. The van der Waals surface area contributed by atoms with Crippen molar-refractivity contribution in [2.24, 2.45) is 4.99 Å². The molecule has 0 radical (unpaired) electrons. The molecule has 150 valence electrons. The predicted octanol–water partition coefficient (Wildman–Crippen LogP) is 6.23. The second-order valence-corrected chi connectivity index (χ2v) is 8.66. The van der Waals surface area contributed by atoms with Crippen molar-refractivity contribution >= 4 is 50.5 Å². The highest BCUT2D eigenvalue weighted by Gasteiger charge is 2.24. The van der Waals surface area contributed by atoms with Crippen molar-refractivity contribution in [3.05, 3.63) is 98.9 Å². The number of thioether (sulfide) groups is 1. The first-order valence-electron chi connectivity index (χ1n) is 9.39. The second kappa shape index (κ2) is 9.32. The molecule has 0 saturated carbocycles. The highest BCUT2D eigenvalue weighted by molar-refractivity contribution is 9.10. The number of nitrogens with zero attached hydrogens (tertiary/aromatic N) is 1. The Labute approximate surface area is 188 Å². The lowest BCUT2D eigenvalue weighted by atomic mass is 10.1. The van der Waals surface area contributed by atoms with E-state index in [1.807, 2.05) is 54.6 Å². The summed E-state index contributed by atoms with van der Waals surface area (Å²) in [6, 6.07) is 23.6. The highest BCUT2D eigenvalue weighted by atomic mass is 79.9. The molecule has 4 rings (SSSR count). The van der Waals surface area contributed by atoms with Gasteiger partial charge >= 0.3 is 0 Å². The van der Waals surface area contributed by atoms with E-state index in [0.717, 1.165) is 27.0 Å². The zero-order valence-electron chi connectivity index (χ0n) is 16.3. The number of benzene rings is 3. The molecule has 1 aliphatic rings. The van der Waals surface area contributed by atoms with Crippen LogP contribution in [-0.4, -0.2) is 11.1 Å². The van der Waals surface area contributed by atoms with Crippen LogP contribution < -0.4 is 10.1 Å². The van der Waals surface area contributed by atoms with E-state index in [2.05, 4.69) is 57.4 Å². The third-order valence-electron chi connectivity index (χ3n) is 4.43. The van der Waals surface area contributed by atoms with Crippen LogP contribution in [0, 0.1) is 6.92 Å². The molecule has 6 heteroatoms. The molecule has 1 fully saturated rings. The third kappa shape index (κ3) is 5.20. The fraction of sp³-hybridized carbons (Fsp3) is 0.0833. The van der Waals surface area contributed by atoms with E-state index in [0.29, 0.717) is 16.7 Å². The standard InChI is InChI=1S/C24H19BrN2O2S/c1-16-6-8-18(9-7-16)15-29-19-12-10-17(11-13-19)14-22-23(28)27-24(30-22)26-21-5-3-2-4-20(21)25/h2-14H,15H2,1H3,(H,26,27,28). The number of aryl methyl sites for hydroxylation is 1. The van der Waals surface area contributed by atoms with Gasteiger partial charge in [-0.3, -0.25) is 4.79 Å². The number of ether oxygens (including phenoxy) is 1. The van der Waals surface area contributed by atoms with Gasteiger partial charge in [-0.05, 0) is 76.1 Å².